The number of aromatic nitrogens is 4. The number of H-pyrrole nitrogens is 1. The third kappa shape index (κ3) is 3.59. The summed E-state index contributed by atoms with van der Waals surface area (Å²) in [7, 11) is 0. The lowest BCUT2D eigenvalue weighted by Crippen LogP contribution is -2.33. The lowest BCUT2D eigenvalue weighted by atomic mass is 9.78. The number of ether oxygens (including phenoxy) is 2. The topological polar surface area (TPSA) is 114 Å². The molecule has 2 aromatic heterocycles. The first-order valence-corrected chi connectivity index (χ1v) is 10.3. The molecule has 0 aliphatic carbocycles. The number of benzene rings is 2. The molecule has 5 rings (SSSR count). The number of hydrogen-bond acceptors (Lipinski definition) is 7. The first-order valence-electron chi connectivity index (χ1n) is 10.3. The van der Waals surface area contributed by atoms with Crippen LogP contribution in [0.25, 0.3) is 11.0 Å². The Bertz CT molecular complexity index is 1280. The Balaban J connectivity index is 1.39. The van der Waals surface area contributed by atoms with Crippen molar-refractivity contribution in [2.45, 2.75) is 18.3 Å². The van der Waals surface area contributed by atoms with Crippen LogP contribution < -0.4 is 4.74 Å². The van der Waals surface area contributed by atoms with Gasteiger partial charge in [-0.05, 0) is 49.2 Å². The van der Waals surface area contributed by atoms with Gasteiger partial charge in [0.25, 0.3) is 0 Å². The van der Waals surface area contributed by atoms with Gasteiger partial charge in [-0.2, -0.15) is 5.26 Å². The van der Waals surface area contributed by atoms with Crippen LogP contribution >= 0.6 is 0 Å². The van der Waals surface area contributed by atoms with E-state index in [1.165, 1.54) is 6.20 Å². The molecule has 0 atom stereocenters. The van der Waals surface area contributed by atoms with Crippen LogP contribution in [-0.2, 0) is 10.2 Å². The van der Waals surface area contributed by atoms with E-state index in [0.717, 1.165) is 11.0 Å². The van der Waals surface area contributed by atoms with E-state index in [0.29, 0.717) is 43.1 Å². The molecular formula is C24H19N5O3. The molecule has 1 aliphatic heterocycles. The second-order valence-corrected chi connectivity index (χ2v) is 7.57. The predicted octanol–water partition coefficient (Wildman–Crippen LogP) is 3.95. The van der Waals surface area contributed by atoms with Gasteiger partial charge in [-0.3, -0.25) is 9.78 Å². The second kappa shape index (κ2) is 8.21. The number of para-hydroxylation sites is 2. The van der Waals surface area contributed by atoms with E-state index in [4.69, 9.17) is 9.47 Å². The van der Waals surface area contributed by atoms with E-state index < -0.39 is 5.41 Å². The molecule has 0 saturated carbocycles. The fourth-order valence-corrected chi connectivity index (χ4v) is 3.83. The average molecular weight is 425 g/mol. The number of ketones is 1. The average Bonchev–Trinajstić information content (AvgIpc) is 3.29. The molecule has 0 unspecified atom stereocenters. The summed E-state index contributed by atoms with van der Waals surface area (Å²) in [5.41, 5.74) is 1.75. The first kappa shape index (κ1) is 19.8. The molecule has 0 amide bonds. The molecule has 1 saturated heterocycles. The van der Waals surface area contributed by atoms with Crippen molar-refractivity contribution >= 4 is 16.8 Å². The summed E-state index contributed by atoms with van der Waals surface area (Å²) in [6, 6.07) is 16.6. The summed E-state index contributed by atoms with van der Waals surface area (Å²) in [6.07, 6.45) is 4.15. The van der Waals surface area contributed by atoms with Crippen molar-refractivity contribution in [3.63, 3.8) is 0 Å². The Morgan fingerprint density at radius 3 is 2.56 bits per heavy atom. The zero-order valence-corrected chi connectivity index (χ0v) is 17.1. The minimum atomic E-state index is -0.793. The molecule has 0 spiro atoms. The third-order valence-corrected chi connectivity index (χ3v) is 5.61. The third-order valence-electron chi connectivity index (χ3n) is 5.61. The first-order chi connectivity index (χ1) is 15.7. The summed E-state index contributed by atoms with van der Waals surface area (Å²) in [4.78, 5) is 29.0. The predicted molar refractivity (Wildman–Crippen MR) is 115 cm³/mol. The molecule has 1 aliphatic rings. The summed E-state index contributed by atoms with van der Waals surface area (Å²) in [5, 5.41) is 9.87. The van der Waals surface area contributed by atoms with Crippen LogP contribution in [0.1, 0.15) is 34.7 Å². The molecule has 32 heavy (non-hydrogen) atoms. The minimum absolute atomic E-state index is 0.210. The highest BCUT2D eigenvalue weighted by Crippen LogP contribution is 2.38. The van der Waals surface area contributed by atoms with E-state index in [-0.39, 0.29) is 17.5 Å². The number of rotatable bonds is 5. The van der Waals surface area contributed by atoms with Gasteiger partial charge >= 0.3 is 0 Å². The van der Waals surface area contributed by atoms with Crippen molar-refractivity contribution in [1.82, 2.24) is 19.9 Å². The number of nitrogens with zero attached hydrogens (tertiary/aromatic N) is 4. The zero-order chi connectivity index (χ0) is 22.0. The summed E-state index contributed by atoms with van der Waals surface area (Å²) in [5.74, 6) is 0.852. The summed E-state index contributed by atoms with van der Waals surface area (Å²) in [6.45, 7) is 0.977. The van der Waals surface area contributed by atoms with E-state index in [9.17, 15) is 10.1 Å². The molecule has 1 N–H and O–H groups in total. The maximum atomic E-state index is 12.8. The molecular weight excluding hydrogens is 406 g/mol. The maximum absolute atomic E-state index is 12.8. The summed E-state index contributed by atoms with van der Waals surface area (Å²) >= 11 is 0. The fourth-order valence-electron chi connectivity index (χ4n) is 3.83. The van der Waals surface area contributed by atoms with Crippen molar-refractivity contribution in [1.29, 1.82) is 5.26 Å². The minimum Gasteiger partial charge on any atom is -0.437 e. The Labute approximate surface area is 183 Å². The number of fused-ring (bicyclic) bond motifs is 1. The van der Waals surface area contributed by atoms with Crippen molar-refractivity contribution in [3.8, 4) is 17.7 Å². The molecule has 4 aromatic rings. The Hall–Kier alpha value is -4.09. The van der Waals surface area contributed by atoms with Crippen molar-refractivity contribution in [2.24, 2.45) is 0 Å². The van der Waals surface area contributed by atoms with E-state index in [2.05, 4.69) is 26.0 Å². The Morgan fingerprint density at radius 2 is 1.81 bits per heavy atom. The second-order valence-electron chi connectivity index (χ2n) is 7.57. The number of nitrogens with one attached hydrogen (secondary N) is 1. The molecule has 0 bridgehead atoms. The fraction of sp³-hybridized carbons (Fsp3) is 0.208. The highest BCUT2D eigenvalue weighted by atomic mass is 16.5. The van der Waals surface area contributed by atoms with E-state index >= 15 is 0 Å². The Kier molecular flexibility index (Phi) is 5.09. The molecule has 8 heteroatoms. The SMILES string of the molecule is N#CC1(c2nccnc2Oc2ccc(C(=O)c3nc4ccccc4[nH]3)cc2)CCOCC1. The highest BCUT2D eigenvalue weighted by molar-refractivity contribution is 6.08. The molecule has 3 heterocycles. The van der Waals surface area contributed by atoms with Gasteiger partial charge in [0.05, 0.1) is 17.1 Å². The molecule has 2 aromatic carbocycles. The van der Waals surface area contributed by atoms with Crippen LogP contribution in [0.15, 0.2) is 60.9 Å². The van der Waals surface area contributed by atoms with Gasteiger partial charge in [0.1, 0.15) is 16.9 Å². The van der Waals surface area contributed by atoms with Gasteiger partial charge in [0.2, 0.25) is 11.7 Å². The number of carbonyl (C=O) groups excluding carboxylic acids is 1. The van der Waals surface area contributed by atoms with Gasteiger partial charge in [0, 0.05) is 31.2 Å². The van der Waals surface area contributed by atoms with Gasteiger partial charge < -0.3 is 14.5 Å². The molecule has 158 valence electrons. The van der Waals surface area contributed by atoms with Crippen LogP contribution in [0.3, 0.4) is 0 Å². The number of aromatic amines is 1. The number of nitriles is 1. The molecule has 1 fully saturated rings. The highest BCUT2D eigenvalue weighted by Gasteiger charge is 2.39. The maximum Gasteiger partial charge on any atom is 0.242 e. The van der Waals surface area contributed by atoms with Crippen LogP contribution in [-0.4, -0.2) is 38.9 Å². The lowest BCUT2D eigenvalue weighted by molar-refractivity contribution is 0.0655. The van der Waals surface area contributed by atoms with Gasteiger partial charge in [-0.1, -0.05) is 12.1 Å². The van der Waals surface area contributed by atoms with Crippen LogP contribution in [0.4, 0.5) is 0 Å². The Morgan fingerprint density at radius 1 is 1.06 bits per heavy atom. The number of hydrogen-bond donors (Lipinski definition) is 1. The van der Waals surface area contributed by atoms with Crippen molar-refractivity contribution < 1.29 is 14.3 Å². The number of carbonyl (C=O) groups is 1. The van der Waals surface area contributed by atoms with Gasteiger partial charge in [-0.15, -0.1) is 0 Å². The van der Waals surface area contributed by atoms with Crippen LogP contribution in [0.2, 0.25) is 0 Å². The van der Waals surface area contributed by atoms with Gasteiger partial charge in [-0.25, -0.2) is 9.97 Å². The largest absolute Gasteiger partial charge is 0.437 e. The smallest absolute Gasteiger partial charge is 0.242 e. The number of imidazole rings is 1. The van der Waals surface area contributed by atoms with Crippen molar-refractivity contribution in [3.05, 3.63) is 78.0 Å². The summed E-state index contributed by atoms with van der Waals surface area (Å²) < 4.78 is 11.4. The standard InChI is InChI=1S/C24H19N5O3/c25-15-24(9-13-31-14-10-24)21-23(27-12-11-26-21)32-17-7-5-16(6-8-17)20(30)22-28-18-3-1-2-4-19(18)29-22/h1-8,11-12H,9-10,13-14H2,(H,28,29). The normalized spacial score (nSPS) is 15.2. The van der Waals surface area contributed by atoms with Gasteiger partial charge in [0.15, 0.2) is 5.82 Å². The molecule has 8 nitrogen and oxygen atoms in total. The van der Waals surface area contributed by atoms with E-state index in [1.54, 1.807) is 30.5 Å². The van der Waals surface area contributed by atoms with E-state index in [1.807, 2.05) is 24.3 Å². The zero-order valence-electron chi connectivity index (χ0n) is 17.1. The van der Waals surface area contributed by atoms with Crippen LogP contribution in [0, 0.1) is 11.3 Å². The molecule has 0 radical (unpaired) electrons. The van der Waals surface area contributed by atoms with Crippen LogP contribution in [0.5, 0.6) is 11.6 Å². The quantitative estimate of drug-likeness (QED) is 0.482. The monoisotopic (exact) mass is 425 g/mol. The van der Waals surface area contributed by atoms with Crippen molar-refractivity contribution in [2.75, 3.05) is 13.2 Å². The lowest BCUT2D eigenvalue weighted by Gasteiger charge is -2.30.